The first kappa shape index (κ1) is 18.7. The second-order valence-electron chi connectivity index (χ2n) is 9.13. The molecule has 2 rings (SSSR count). The van der Waals surface area contributed by atoms with Gasteiger partial charge in [-0.2, -0.15) is 0 Å². The molecule has 0 aromatic carbocycles. The summed E-state index contributed by atoms with van der Waals surface area (Å²) in [5, 5.41) is 13.6. The van der Waals surface area contributed by atoms with Crippen molar-refractivity contribution in [2.45, 2.75) is 59.7 Å². The van der Waals surface area contributed by atoms with Crippen LogP contribution >= 0.6 is 0 Å². The largest absolute Gasteiger partial charge is 0.388 e. The molecule has 2 aliphatic rings. The first-order valence-corrected chi connectivity index (χ1v) is 8.87. The Labute approximate surface area is 140 Å². The summed E-state index contributed by atoms with van der Waals surface area (Å²) in [6.07, 6.45) is 0.856. The topological polar surface area (TPSA) is 61.8 Å². The Hall–Kier alpha value is -0.650. The van der Waals surface area contributed by atoms with Gasteiger partial charge in [0.2, 0.25) is 5.91 Å². The van der Waals surface area contributed by atoms with Crippen molar-refractivity contribution in [3.63, 3.8) is 0 Å². The molecule has 2 aliphatic heterocycles. The lowest BCUT2D eigenvalue weighted by atomic mass is 9.79. The van der Waals surface area contributed by atoms with E-state index >= 15 is 0 Å². The summed E-state index contributed by atoms with van der Waals surface area (Å²) in [4.78, 5) is 14.1. The van der Waals surface area contributed by atoms with Gasteiger partial charge in [-0.15, -0.1) is 0 Å². The second kappa shape index (κ2) is 7.08. The normalized spacial score (nSPS) is 29.3. The third-order valence-corrected chi connectivity index (χ3v) is 5.11. The van der Waals surface area contributed by atoms with Crippen molar-refractivity contribution in [3.8, 4) is 0 Å². The highest BCUT2D eigenvalue weighted by Gasteiger charge is 2.38. The molecule has 3 unspecified atom stereocenters. The molecular formula is C18H34N2O3. The third kappa shape index (κ3) is 5.16. The molecule has 0 aromatic rings. The summed E-state index contributed by atoms with van der Waals surface area (Å²) in [6.45, 7) is 14.3. The zero-order valence-electron chi connectivity index (χ0n) is 15.4. The van der Waals surface area contributed by atoms with Crippen molar-refractivity contribution in [2.24, 2.45) is 16.7 Å². The molecule has 0 saturated carbocycles. The zero-order chi connectivity index (χ0) is 17.3. The minimum absolute atomic E-state index is 0.0293. The number of rotatable bonds is 5. The molecular weight excluding hydrogens is 292 g/mol. The Balaban J connectivity index is 1.83. The van der Waals surface area contributed by atoms with Crippen LogP contribution in [0.15, 0.2) is 0 Å². The average Bonchev–Trinajstić information content (AvgIpc) is 3.04. The SMILES string of the molecule is CC(C)(C)CC(=O)N1CC(O)C(OCC(C)(C)C2CCNC2)C1. The summed E-state index contributed by atoms with van der Waals surface area (Å²) in [5.41, 5.74) is 0.0600. The number of nitrogens with zero attached hydrogens (tertiary/aromatic N) is 1. The van der Waals surface area contributed by atoms with Crippen LogP contribution in [0.3, 0.4) is 0 Å². The van der Waals surface area contributed by atoms with E-state index in [1.807, 2.05) is 0 Å². The molecule has 23 heavy (non-hydrogen) atoms. The molecule has 0 aromatic heterocycles. The number of nitrogens with one attached hydrogen (secondary N) is 1. The van der Waals surface area contributed by atoms with Crippen LogP contribution in [0.4, 0.5) is 0 Å². The third-order valence-electron chi connectivity index (χ3n) is 5.11. The first-order valence-electron chi connectivity index (χ1n) is 8.87. The molecule has 5 nitrogen and oxygen atoms in total. The van der Waals surface area contributed by atoms with E-state index in [2.05, 4.69) is 39.9 Å². The maximum absolute atomic E-state index is 12.3. The van der Waals surface area contributed by atoms with Crippen LogP contribution in [0.5, 0.6) is 0 Å². The molecule has 1 amide bonds. The second-order valence-corrected chi connectivity index (χ2v) is 9.13. The molecule has 2 saturated heterocycles. The van der Waals surface area contributed by atoms with Crippen molar-refractivity contribution in [3.05, 3.63) is 0 Å². The summed E-state index contributed by atoms with van der Waals surface area (Å²) >= 11 is 0. The maximum Gasteiger partial charge on any atom is 0.223 e. The van der Waals surface area contributed by atoms with Crippen LogP contribution in [-0.4, -0.2) is 60.9 Å². The number of hydrogen-bond donors (Lipinski definition) is 2. The Kier molecular flexibility index (Phi) is 5.75. The molecule has 5 heteroatoms. The summed E-state index contributed by atoms with van der Waals surface area (Å²) in [7, 11) is 0. The number of β-amino-alcohol motifs (C(OH)–C–C–N with tert-alkyl or cyclic N) is 1. The van der Waals surface area contributed by atoms with Crippen molar-refractivity contribution >= 4 is 5.91 Å². The molecule has 0 bridgehead atoms. The van der Waals surface area contributed by atoms with Crippen molar-refractivity contribution in [2.75, 3.05) is 32.8 Å². The number of carbonyl (C=O) groups is 1. The number of ether oxygens (including phenoxy) is 1. The van der Waals surface area contributed by atoms with Gasteiger partial charge in [0.1, 0.15) is 6.10 Å². The molecule has 2 heterocycles. The van der Waals surface area contributed by atoms with Gasteiger partial charge in [0.05, 0.1) is 12.7 Å². The first-order chi connectivity index (χ1) is 10.6. The predicted molar refractivity (Wildman–Crippen MR) is 91.2 cm³/mol. The average molecular weight is 326 g/mol. The van der Waals surface area contributed by atoms with Gasteiger partial charge in [0.15, 0.2) is 0 Å². The van der Waals surface area contributed by atoms with Crippen LogP contribution in [0.1, 0.15) is 47.5 Å². The number of likely N-dealkylation sites (tertiary alicyclic amines) is 1. The van der Waals surface area contributed by atoms with E-state index in [0.717, 1.165) is 13.1 Å². The highest BCUT2D eigenvalue weighted by Crippen LogP contribution is 2.32. The number of carbonyl (C=O) groups excluding carboxylic acids is 1. The highest BCUT2D eigenvalue weighted by atomic mass is 16.5. The lowest BCUT2D eigenvalue weighted by molar-refractivity contribution is -0.132. The van der Waals surface area contributed by atoms with Gasteiger partial charge in [-0.25, -0.2) is 0 Å². The van der Waals surface area contributed by atoms with Crippen molar-refractivity contribution in [1.29, 1.82) is 0 Å². The lowest BCUT2D eigenvalue weighted by Crippen LogP contribution is -2.36. The number of aliphatic hydroxyl groups excluding tert-OH is 1. The van der Waals surface area contributed by atoms with Crippen LogP contribution in [0.2, 0.25) is 0 Å². The fourth-order valence-electron chi connectivity index (χ4n) is 3.45. The fraction of sp³-hybridized carbons (Fsp3) is 0.944. The van der Waals surface area contributed by atoms with E-state index in [0.29, 0.717) is 32.0 Å². The van der Waals surface area contributed by atoms with E-state index in [9.17, 15) is 9.90 Å². The van der Waals surface area contributed by atoms with Crippen LogP contribution in [0.25, 0.3) is 0 Å². The molecule has 2 N–H and O–H groups in total. The molecule has 134 valence electrons. The van der Waals surface area contributed by atoms with Crippen LogP contribution in [-0.2, 0) is 9.53 Å². The van der Waals surface area contributed by atoms with Crippen LogP contribution in [0, 0.1) is 16.7 Å². The smallest absolute Gasteiger partial charge is 0.223 e. The standard InChI is InChI=1S/C18H34N2O3/c1-17(2,3)8-16(22)20-10-14(21)15(11-20)23-12-18(4,5)13-6-7-19-9-13/h13-15,19,21H,6-12H2,1-5H3. The van der Waals surface area contributed by atoms with Gasteiger partial charge in [-0.3, -0.25) is 4.79 Å². The Bertz CT molecular complexity index is 411. The van der Waals surface area contributed by atoms with Gasteiger partial charge in [-0.1, -0.05) is 34.6 Å². The Morgan fingerprint density at radius 1 is 1.26 bits per heavy atom. The Morgan fingerprint density at radius 2 is 1.96 bits per heavy atom. The minimum atomic E-state index is -0.573. The van der Waals surface area contributed by atoms with Gasteiger partial charge in [0, 0.05) is 19.5 Å². The lowest BCUT2D eigenvalue weighted by Gasteiger charge is -2.32. The quantitative estimate of drug-likeness (QED) is 0.806. The summed E-state index contributed by atoms with van der Waals surface area (Å²) < 4.78 is 6.03. The number of amides is 1. The van der Waals surface area contributed by atoms with E-state index in [1.165, 1.54) is 6.42 Å². The predicted octanol–water partition coefficient (Wildman–Crippen LogP) is 1.65. The number of aliphatic hydroxyl groups is 1. The van der Waals surface area contributed by atoms with Gasteiger partial charge < -0.3 is 20.1 Å². The monoisotopic (exact) mass is 326 g/mol. The maximum atomic E-state index is 12.3. The van der Waals surface area contributed by atoms with Crippen molar-refractivity contribution in [1.82, 2.24) is 10.2 Å². The highest BCUT2D eigenvalue weighted by molar-refractivity contribution is 5.77. The van der Waals surface area contributed by atoms with Gasteiger partial charge in [0.25, 0.3) is 0 Å². The Morgan fingerprint density at radius 3 is 2.52 bits per heavy atom. The van der Waals surface area contributed by atoms with E-state index in [1.54, 1.807) is 4.90 Å². The molecule has 2 fully saturated rings. The van der Waals surface area contributed by atoms with Gasteiger partial charge >= 0.3 is 0 Å². The minimum Gasteiger partial charge on any atom is -0.388 e. The van der Waals surface area contributed by atoms with E-state index in [4.69, 9.17) is 4.74 Å². The van der Waals surface area contributed by atoms with Crippen molar-refractivity contribution < 1.29 is 14.6 Å². The molecule has 3 atom stereocenters. The summed E-state index contributed by atoms with van der Waals surface area (Å²) in [5.74, 6) is 0.724. The zero-order valence-corrected chi connectivity index (χ0v) is 15.4. The molecule has 0 radical (unpaired) electrons. The fourth-order valence-corrected chi connectivity index (χ4v) is 3.45. The van der Waals surface area contributed by atoms with Gasteiger partial charge in [-0.05, 0) is 36.3 Å². The van der Waals surface area contributed by atoms with E-state index < -0.39 is 6.10 Å². The molecule has 0 spiro atoms. The van der Waals surface area contributed by atoms with Crippen LogP contribution < -0.4 is 5.32 Å². The molecule has 0 aliphatic carbocycles. The van der Waals surface area contributed by atoms with E-state index in [-0.39, 0.29) is 22.8 Å². The number of hydrogen-bond acceptors (Lipinski definition) is 4. The summed E-state index contributed by atoms with van der Waals surface area (Å²) in [6, 6.07) is 0.